The van der Waals surface area contributed by atoms with Crippen LogP contribution in [0.5, 0.6) is 5.75 Å². The average Bonchev–Trinajstić information content (AvgIpc) is 2.28. The summed E-state index contributed by atoms with van der Waals surface area (Å²) in [5, 5.41) is 19.7. The zero-order valence-electron chi connectivity index (χ0n) is 9.53. The van der Waals surface area contributed by atoms with E-state index in [4.69, 9.17) is 0 Å². The Balaban J connectivity index is 2.61. The monoisotopic (exact) mass is 208 g/mol. The lowest BCUT2D eigenvalue weighted by Crippen LogP contribution is -2.27. The van der Waals surface area contributed by atoms with Gasteiger partial charge in [-0.1, -0.05) is 32.0 Å². The third-order valence-corrected chi connectivity index (χ3v) is 3.17. The Bertz CT molecular complexity index is 303. The first kappa shape index (κ1) is 12.1. The molecule has 0 radical (unpaired) electrons. The number of hydrogen-bond acceptors (Lipinski definition) is 2. The van der Waals surface area contributed by atoms with Crippen molar-refractivity contribution < 1.29 is 10.2 Å². The second-order valence-corrected chi connectivity index (χ2v) is 4.06. The number of aryl methyl sites for hydroxylation is 1. The summed E-state index contributed by atoms with van der Waals surface area (Å²) in [6.45, 7) is 3.99. The maximum absolute atomic E-state index is 10.1. The normalized spacial score (nSPS) is 11.7. The summed E-state index contributed by atoms with van der Waals surface area (Å²) in [6.07, 6.45) is 2.95. The number of rotatable bonds is 5. The van der Waals surface area contributed by atoms with E-state index in [9.17, 15) is 10.2 Å². The molecule has 0 unspecified atom stereocenters. The van der Waals surface area contributed by atoms with Crippen LogP contribution >= 0.6 is 0 Å². The van der Waals surface area contributed by atoms with Gasteiger partial charge < -0.3 is 10.2 Å². The van der Waals surface area contributed by atoms with Crippen LogP contribution in [0, 0.1) is 0 Å². The van der Waals surface area contributed by atoms with Crippen LogP contribution in [0.2, 0.25) is 0 Å². The Morgan fingerprint density at radius 3 is 2.27 bits per heavy atom. The number of aromatic hydroxyl groups is 1. The van der Waals surface area contributed by atoms with Crippen molar-refractivity contribution in [1.29, 1.82) is 0 Å². The van der Waals surface area contributed by atoms with Crippen LogP contribution in [0.3, 0.4) is 0 Å². The molecule has 1 aromatic rings. The van der Waals surface area contributed by atoms with Gasteiger partial charge in [0.25, 0.3) is 0 Å². The lowest BCUT2D eigenvalue weighted by Gasteiger charge is -2.25. The largest absolute Gasteiger partial charge is 0.508 e. The van der Waals surface area contributed by atoms with Gasteiger partial charge in [-0.3, -0.25) is 0 Å². The number of benzene rings is 1. The van der Waals surface area contributed by atoms with Gasteiger partial charge in [0.1, 0.15) is 5.75 Å². The Morgan fingerprint density at radius 2 is 1.73 bits per heavy atom. The molecule has 0 aliphatic heterocycles. The number of phenolic OH excluding ortho intramolecular Hbond substituents is 1. The van der Waals surface area contributed by atoms with Crippen molar-refractivity contribution in [1.82, 2.24) is 0 Å². The molecular weight excluding hydrogens is 188 g/mol. The molecule has 0 amide bonds. The summed E-state index contributed by atoms with van der Waals surface area (Å²) in [6, 6.07) is 7.31. The van der Waals surface area contributed by atoms with E-state index in [1.54, 1.807) is 6.07 Å². The van der Waals surface area contributed by atoms with Gasteiger partial charge in [-0.25, -0.2) is 0 Å². The van der Waals surface area contributed by atoms with Crippen LogP contribution < -0.4 is 0 Å². The zero-order chi connectivity index (χ0) is 11.3. The second-order valence-electron chi connectivity index (χ2n) is 4.06. The zero-order valence-corrected chi connectivity index (χ0v) is 9.53. The Morgan fingerprint density at radius 1 is 1.13 bits per heavy atom. The van der Waals surface area contributed by atoms with Gasteiger partial charge in [0, 0.05) is 0 Å². The third-order valence-electron chi connectivity index (χ3n) is 3.17. The Kier molecular flexibility index (Phi) is 4.15. The molecule has 2 N–H and O–H groups in total. The maximum Gasteiger partial charge on any atom is 0.118 e. The smallest absolute Gasteiger partial charge is 0.118 e. The van der Waals surface area contributed by atoms with E-state index in [1.807, 2.05) is 32.0 Å². The molecule has 1 aromatic carbocycles. The Labute approximate surface area is 91.6 Å². The van der Waals surface area contributed by atoms with Crippen molar-refractivity contribution in [3.05, 3.63) is 29.8 Å². The molecule has 0 saturated heterocycles. The second kappa shape index (κ2) is 5.17. The van der Waals surface area contributed by atoms with Crippen molar-refractivity contribution in [2.24, 2.45) is 0 Å². The number of hydrogen-bond donors (Lipinski definition) is 2. The fourth-order valence-electron chi connectivity index (χ4n) is 1.69. The van der Waals surface area contributed by atoms with Gasteiger partial charge in [-0.05, 0) is 37.3 Å². The van der Waals surface area contributed by atoms with Crippen molar-refractivity contribution in [2.75, 3.05) is 0 Å². The molecule has 2 heteroatoms. The summed E-state index contributed by atoms with van der Waals surface area (Å²) in [4.78, 5) is 0. The van der Waals surface area contributed by atoms with Gasteiger partial charge in [0.2, 0.25) is 0 Å². The van der Waals surface area contributed by atoms with Crippen molar-refractivity contribution in [3.8, 4) is 5.75 Å². The van der Waals surface area contributed by atoms with E-state index in [0.717, 1.165) is 24.8 Å². The Hall–Kier alpha value is -1.02. The predicted molar refractivity (Wildman–Crippen MR) is 62.0 cm³/mol. The molecule has 0 aliphatic carbocycles. The molecule has 84 valence electrons. The summed E-state index contributed by atoms with van der Waals surface area (Å²) < 4.78 is 0. The average molecular weight is 208 g/mol. The van der Waals surface area contributed by atoms with Crippen molar-refractivity contribution in [2.45, 2.75) is 45.1 Å². The third kappa shape index (κ3) is 3.24. The van der Waals surface area contributed by atoms with Crippen LogP contribution in [-0.2, 0) is 6.42 Å². The number of aliphatic hydroxyl groups is 1. The van der Waals surface area contributed by atoms with Gasteiger partial charge in [0.15, 0.2) is 0 Å². The molecule has 0 saturated carbocycles. The van der Waals surface area contributed by atoms with E-state index in [1.165, 1.54) is 0 Å². The van der Waals surface area contributed by atoms with E-state index in [0.29, 0.717) is 12.2 Å². The number of para-hydroxylation sites is 1. The molecule has 1 rings (SSSR count). The fraction of sp³-hybridized carbons (Fsp3) is 0.538. The van der Waals surface area contributed by atoms with E-state index >= 15 is 0 Å². The van der Waals surface area contributed by atoms with Gasteiger partial charge in [-0.15, -0.1) is 0 Å². The first-order valence-corrected chi connectivity index (χ1v) is 5.60. The van der Waals surface area contributed by atoms with E-state index in [-0.39, 0.29) is 0 Å². The topological polar surface area (TPSA) is 40.5 Å². The highest BCUT2D eigenvalue weighted by molar-refractivity contribution is 5.31. The standard InChI is InChI=1S/C13H20O2/c1-3-13(15,4-2)10-9-11-7-5-6-8-12(11)14/h5-8,14-15H,3-4,9-10H2,1-2H3. The molecule has 0 atom stereocenters. The fourth-order valence-corrected chi connectivity index (χ4v) is 1.69. The molecular formula is C13H20O2. The molecule has 2 nitrogen and oxygen atoms in total. The van der Waals surface area contributed by atoms with Crippen LogP contribution in [-0.4, -0.2) is 15.8 Å². The highest BCUT2D eigenvalue weighted by atomic mass is 16.3. The van der Waals surface area contributed by atoms with Crippen LogP contribution in [0.25, 0.3) is 0 Å². The molecule has 0 fully saturated rings. The quantitative estimate of drug-likeness (QED) is 0.781. The van der Waals surface area contributed by atoms with Crippen LogP contribution in [0.15, 0.2) is 24.3 Å². The number of phenols is 1. The predicted octanol–water partition coefficient (Wildman–Crippen LogP) is 2.88. The lowest BCUT2D eigenvalue weighted by molar-refractivity contribution is 0.0238. The SMILES string of the molecule is CCC(O)(CC)CCc1ccccc1O. The molecule has 0 bridgehead atoms. The summed E-state index contributed by atoms with van der Waals surface area (Å²) in [5.41, 5.74) is 0.334. The van der Waals surface area contributed by atoms with Gasteiger partial charge in [-0.2, -0.15) is 0 Å². The highest BCUT2D eigenvalue weighted by Gasteiger charge is 2.21. The summed E-state index contributed by atoms with van der Waals surface area (Å²) >= 11 is 0. The maximum atomic E-state index is 10.1. The molecule has 0 spiro atoms. The summed E-state index contributed by atoms with van der Waals surface area (Å²) in [7, 11) is 0. The lowest BCUT2D eigenvalue weighted by atomic mass is 9.90. The molecule has 0 aliphatic rings. The molecule has 0 heterocycles. The summed E-state index contributed by atoms with van der Waals surface area (Å²) in [5.74, 6) is 0.326. The molecule has 15 heavy (non-hydrogen) atoms. The van der Waals surface area contributed by atoms with Crippen molar-refractivity contribution >= 4 is 0 Å². The minimum Gasteiger partial charge on any atom is -0.508 e. The van der Waals surface area contributed by atoms with Crippen LogP contribution in [0.1, 0.15) is 38.7 Å². The minimum absolute atomic E-state index is 0.326. The van der Waals surface area contributed by atoms with Crippen LogP contribution in [0.4, 0.5) is 0 Å². The first-order chi connectivity index (χ1) is 7.11. The highest BCUT2D eigenvalue weighted by Crippen LogP contribution is 2.25. The van der Waals surface area contributed by atoms with Gasteiger partial charge in [0.05, 0.1) is 5.60 Å². The van der Waals surface area contributed by atoms with Crippen molar-refractivity contribution in [3.63, 3.8) is 0 Å². The molecule has 0 aromatic heterocycles. The first-order valence-electron chi connectivity index (χ1n) is 5.60. The van der Waals surface area contributed by atoms with E-state index < -0.39 is 5.60 Å². The van der Waals surface area contributed by atoms with Gasteiger partial charge >= 0.3 is 0 Å². The minimum atomic E-state index is -0.581. The van der Waals surface area contributed by atoms with E-state index in [2.05, 4.69) is 0 Å².